The number of ether oxygens (including phenoxy) is 1. The molecule has 27 heavy (non-hydrogen) atoms. The van der Waals surface area contributed by atoms with Gasteiger partial charge in [-0.15, -0.1) is 11.3 Å². The molecule has 0 aliphatic rings. The summed E-state index contributed by atoms with van der Waals surface area (Å²) < 4.78 is 11.9. The Morgan fingerprint density at radius 3 is 2.81 bits per heavy atom. The second kappa shape index (κ2) is 7.16. The molecule has 0 amide bonds. The average Bonchev–Trinajstić information content (AvgIpc) is 3.36. The van der Waals surface area contributed by atoms with Crippen molar-refractivity contribution >= 4 is 28.1 Å². The summed E-state index contributed by atoms with van der Waals surface area (Å²) in [4.78, 5) is 29.6. The van der Waals surface area contributed by atoms with E-state index in [2.05, 4.69) is 10.1 Å². The highest BCUT2D eigenvalue weighted by atomic mass is 32.1. The van der Waals surface area contributed by atoms with E-state index in [9.17, 15) is 9.59 Å². The number of hydrogen-bond donors (Lipinski definition) is 0. The minimum Gasteiger partial charge on any atom is -0.459 e. The molecule has 0 bridgehead atoms. The minimum atomic E-state index is -0.452. The summed E-state index contributed by atoms with van der Waals surface area (Å²) >= 11 is 1.52. The van der Waals surface area contributed by atoms with Crippen LogP contribution in [0.25, 0.3) is 21.5 Å². The Labute approximate surface area is 157 Å². The Kier molecular flexibility index (Phi) is 4.55. The van der Waals surface area contributed by atoms with Gasteiger partial charge in [-0.05, 0) is 17.5 Å². The summed E-state index contributed by atoms with van der Waals surface area (Å²) in [6.45, 7) is 0.0113. The first-order chi connectivity index (χ1) is 13.1. The molecule has 0 unspecified atom stereocenters. The monoisotopic (exact) mass is 381 g/mol. The van der Waals surface area contributed by atoms with Gasteiger partial charge in [0.2, 0.25) is 5.89 Å². The highest BCUT2D eigenvalue weighted by Crippen LogP contribution is 2.23. The Morgan fingerprint density at radius 1 is 1.22 bits per heavy atom. The first-order valence-corrected chi connectivity index (χ1v) is 9.08. The van der Waals surface area contributed by atoms with E-state index in [4.69, 9.17) is 9.15 Å². The average molecular weight is 381 g/mol. The molecule has 0 aliphatic carbocycles. The van der Waals surface area contributed by atoms with Crippen LogP contribution in [0.5, 0.6) is 0 Å². The Morgan fingerprint density at radius 2 is 2.04 bits per heavy atom. The zero-order valence-electron chi connectivity index (χ0n) is 14.4. The maximum Gasteiger partial charge on any atom is 0.312 e. The molecule has 0 saturated carbocycles. The number of esters is 1. The second-order valence-electron chi connectivity index (χ2n) is 5.88. The van der Waals surface area contributed by atoms with E-state index >= 15 is 0 Å². The van der Waals surface area contributed by atoms with E-state index in [-0.39, 0.29) is 18.6 Å². The van der Waals surface area contributed by atoms with Gasteiger partial charge < -0.3 is 9.15 Å². The van der Waals surface area contributed by atoms with Crippen LogP contribution in [0.1, 0.15) is 11.4 Å². The van der Waals surface area contributed by atoms with Gasteiger partial charge in [0, 0.05) is 12.4 Å². The van der Waals surface area contributed by atoms with Gasteiger partial charge >= 0.3 is 5.97 Å². The molecule has 0 fully saturated rings. The van der Waals surface area contributed by atoms with Gasteiger partial charge in [0.25, 0.3) is 5.56 Å². The van der Waals surface area contributed by atoms with Crippen molar-refractivity contribution in [2.24, 2.45) is 7.05 Å². The van der Waals surface area contributed by atoms with Crippen LogP contribution in [0.15, 0.2) is 57.3 Å². The molecule has 4 rings (SSSR count). The largest absolute Gasteiger partial charge is 0.459 e. The van der Waals surface area contributed by atoms with Gasteiger partial charge in [-0.2, -0.15) is 5.10 Å². The van der Waals surface area contributed by atoms with E-state index in [0.29, 0.717) is 28.1 Å². The second-order valence-corrected chi connectivity index (χ2v) is 6.83. The van der Waals surface area contributed by atoms with Crippen molar-refractivity contribution < 1.29 is 13.9 Å². The molecule has 0 radical (unpaired) electrons. The normalized spacial score (nSPS) is 11.0. The SMILES string of the molecule is Cn1nc(CC(=O)OCc2coc(-c3cccs3)n2)c2ccccc2c1=O. The van der Waals surface area contributed by atoms with Crippen molar-refractivity contribution in [2.75, 3.05) is 0 Å². The van der Waals surface area contributed by atoms with E-state index in [1.54, 1.807) is 31.3 Å². The lowest BCUT2D eigenvalue weighted by Crippen LogP contribution is -2.22. The quantitative estimate of drug-likeness (QED) is 0.494. The van der Waals surface area contributed by atoms with Crippen LogP contribution in [-0.2, 0) is 29.6 Å². The van der Waals surface area contributed by atoms with Crippen LogP contribution >= 0.6 is 11.3 Å². The first-order valence-electron chi connectivity index (χ1n) is 8.20. The van der Waals surface area contributed by atoms with Crippen molar-refractivity contribution in [3.05, 3.63) is 69.8 Å². The molecule has 3 heterocycles. The molecule has 0 spiro atoms. The summed E-state index contributed by atoms with van der Waals surface area (Å²) in [7, 11) is 1.56. The molecule has 4 aromatic rings. The number of oxazole rings is 1. The number of nitrogens with zero attached hydrogens (tertiary/aromatic N) is 3. The molecule has 0 aliphatic heterocycles. The van der Waals surface area contributed by atoms with Gasteiger partial charge in [-0.1, -0.05) is 24.3 Å². The topological polar surface area (TPSA) is 87.2 Å². The zero-order chi connectivity index (χ0) is 18.8. The molecule has 0 N–H and O–H groups in total. The number of thiophene rings is 1. The molecule has 3 aromatic heterocycles. The minimum absolute atomic E-state index is 0.0113. The van der Waals surface area contributed by atoms with Crippen molar-refractivity contribution in [2.45, 2.75) is 13.0 Å². The van der Waals surface area contributed by atoms with Crippen molar-refractivity contribution in [3.8, 4) is 10.8 Å². The third-order valence-corrected chi connectivity index (χ3v) is 4.87. The molecular formula is C19H15N3O4S. The number of carbonyl (C=O) groups is 1. The molecule has 0 saturated heterocycles. The standard InChI is InChI=1S/C19H15N3O4S/c1-22-19(24)14-6-3-2-5-13(14)15(21-22)9-17(23)25-10-12-11-26-18(20-12)16-7-4-8-27-16/h2-8,11H,9-10H2,1H3. The lowest BCUT2D eigenvalue weighted by Gasteiger charge is -2.07. The molecular weight excluding hydrogens is 366 g/mol. The van der Waals surface area contributed by atoms with Crippen LogP contribution < -0.4 is 5.56 Å². The number of rotatable bonds is 5. The maximum atomic E-state index is 12.3. The van der Waals surface area contributed by atoms with Crippen LogP contribution in [0, 0.1) is 0 Å². The van der Waals surface area contributed by atoms with Gasteiger partial charge in [0.05, 0.1) is 22.4 Å². The molecule has 136 valence electrons. The lowest BCUT2D eigenvalue weighted by molar-refractivity contribution is -0.144. The summed E-state index contributed by atoms with van der Waals surface area (Å²) in [5.41, 5.74) is 0.827. The van der Waals surface area contributed by atoms with Gasteiger partial charge in [0.1, 0.15) is 18.6 Å². The number of aryl methyl sites for hydroxylation is 1. The Bertz CT molecular complexity index is 1160. The fraction of sp³-hybridized carbons (Fsp3) is 0.158. The van der Waals surface area contributed by atoms with Crippen LogP contribution in [0.2, 0.25) is 0 Å². The Hall–Kier alpha value is -3.26. The number of hydrogen-bond acceptors (Lipinski definition) is 7. The third-order valence-electron chi connectivity index (χ3n) is 4.01. The smallest absolute Gasteiger partial charge is 0.312 e. The summed E-state index contributed by atoms with van der Waals surface area (Å²) in [6, 6.07) is 10.9. The highest BCUT2D eigenvalue weighted by Gasteiger charge is 2.14. The summed E-state index contributed by atoms with van der Waals surface area (Å²) in [5.74, 6) is 0.0498. The molecule has 0 atom stereocenters. The molecule has 1 aromatic carbocycles. The van der Waals surface area contributed by atoms with Gasteiger partial charge in [0.15, 0.2) is 0 Å². The Balaban J connectivity index is 1.47. The molecule has 8 heteroatoms. The fourth-order valence-electron chi connectivity index (χ4n) is 2.74. The number of aromatic nitrogens is 3. The third kappa shape index (κ3) is 3.52. The van der Waals surface area contributed by atoms with Crippen molar-refractivity contribution in [3.63, 3.8) is 0 Å². The van der Waals surface area contributed by atoms with Crippen LogP contribution in [0.3, 0.4) is 0 Å². The zero-order valence-corrected chi connectivity index (χ0v) is 15.2. The van der Waals surface area contributed by atoms with E-state index < -0.39 is 5.97 Å². The predicted octanol–water partition coefficient (Wildman–Crippen LogP) is 2.94. The fourth-order valence-corrected chi connectivity index (χ4v) is 3.39. The number of fused-ring (bicyclic) bond motifs is 1. The number of carbonyl (C=O) groups excluding carboxylic acids is 1. The lowest BCUT2D eigenvalue weighted by atomic mass is 10.1. The van der Waals surface area contributed by atoms with Crippen molar-refractivity contribution in [1.29, 1.82) is 0 Å². The van der Waals surface area contributed by atoms with Crippen LogP contribution in [0.4, 0.5) is 0 Å². The van der Waals surface area contributed by atoms with Gasteiger partial charge in [-0.25, -0.2) is 9.67 Å². The first kappa shape index (κ1) is 17.2. The van der Waals surface area contributed by atoms with E-state index in [1.807, 2.05) is 17.5 Å². The highest BCUT2D eigenvalue weighted by molar-refractivity contribution is 7.13. The maximum absolute atomic E-state index is 12.3. The van der Waals surface area contributed by atoms with E-state index in [0.717, 1.165) is 4.88 Å². The van der Waals surface area contributed by atoms with E-state index in [1.165, 1.54) is 22.3 Å². The molecule has 7 nitrogen and oxygen atoms in total. The summed E-state index contributed by atoms with van der Waals surface area (Å²) in [6.07, 6.45) is 1.44. The predicted molar refractivity (Wildman–Crippen MR) is 100 cm³/mol. The van der Waals surface area contributed by atoms with Gasteiger partial charge in [-0.3, -0.25) is 9.59 Å². The van der Waals surface area contributed by atoms with Crippen molar-refractivity contribution in [1.82, 2.24) is 14.8 Å². The summed E-state index contributed by atoms with van der Waals surface area (Å²) in [5, 5.41) is 7.31. The number of benzene rings is 1. The van der Waals surface area contributed by atoms with Crippen LogP contribution in [-0.4, -0.2) is 20.7 Å².